The van der Waals surface area contributed by atoms with Gasteiger partial charge in [0.15, 0.2) is 0 Å². The third kappa shape index (κ3) is 1.62. The highest BCUT2D eigenvalue weighted by Gasteiger charge is 2.13. The fourth-order valence-electron chi connectivity index (χ4n) is 1.73. The van der Waals surface area contributed by atoms with Gasteiger partial charge in [-0.2, -0.15) is 5.10 Å². The smallest absolute Gasteiger partial charge is 0.111 e. The largest absolute Gasteiger partial charge is 0.390 e. The Morgan fingerprint density at radius 1 is 1.47 bits per heavy atom. The quantitative estimate of drug-likeness (QED) is 0.852. The van der Waals surface area contributed by atoms with E-state index in [4.69, 9.17) is 11.6 Å². The molecule has 0 amide bonds. The summed E-state index contributed by atoms with van der Waals surface area (Å²) in [5, 5.41) is 15.3. The van der Waals surface area contributed by atoms with Crippen molar-refractivity contribution in [1.29, 1.82) is 0 Å². The number of rotatable bonds is 2. The predicted octanol–water partition coefficient (Wildman–Crippen LogP) is 2.76. The molecule has 0 unspecified atom stereocenters. The summed E-state index contributed by atoms with van der Waals surface area (Å²) in [5.74, 6) is 0. The molecule has 0 aliphatic rings. The minimum atomic E-state index is -0.0188. The van der Waals surface area contributed by atoms with Crippen molar-refractivity contribution in [3.05, 3.63) is 28.9 Å². The molecule has 0 atom stereocenters. The number of aliphatic hydroxyl groups excluding tert-OH is 1. The molecule has 2 aromatic rings. The Bertz CT molecular complexity index is 491. The Balaban J connectivity index is 2.78. The van der Waals surface area contributed by atoms with Gasteiger partial charge in [0.05, 0.1) is 17.3 Å². The Labute approximate surface area is 93.3 Å². The van der Waals surface area contributed by atoms with Crippen LogP contribution < -0.4 is 0 Å². The van der Waals surface area contributed by atoms with Crippen LogP contribution in [-0.2, 0) is 6.61 Å². The Morgan fingerprint density at radius 3 is 2.80 bits per heavy atom. The zero-order valence-electron chi connectivity index (χ0n) is 8.74. The summed E-state index contributed by atoms with van der Waals surface area (Å²) in [5.41, 5.74) is 1.58. The third-order valence-electron chi connectivity index (χ3n) is 2.42. The van der Waals surface area contributed by atoms with Crippen molar-refractivity contribution < 1.29 is 5.11 Å². The molecule has 15 heavy (non-hydrogen) atoms. The molecule has 1 aromatic heterocycles. The van der Waals surface area contributed by atoms with Crippen LogP contribution in [0.2, 0.25) is 5.02 Å². The van der Waals surface area contributed by atoms with Crippen molar-refractivity contribution in [2.75, 3.05) is 0 Å². The van der Waals surface area contributed by atoms with E-state index >= 15 is 0 Å². The molecule has 0 aliphatic heterocycles. The van der Waals surface area contributed by atoms with E-state index in [1.165, 1.54) is 0 Å². The van der Waals surface area contributed by atoms with Crippen LogP contribution in [0.15, 0.2) is 18.2 Å². The van der Waals surface area contributed by atoms with Gasteiger partial charge in [0.2, 0.25) is 0 Å². The second-order valence-electron chi connectivity index (χ2n) is 3.78. The second-order valence-corrected chi connectivity index (χ2v) is 4.19. The van der Waals surface area contributed by atoms with Crippen LogP contribution in [-0.4, -0.2) is 14.9 Å². The van der Waals surface area contributed by atoms with Crippen molar-refractivity contribution in [2.24, 2.45) is 0 Å². The summed E-state index contributed by atoms with van der Waals surface area (Å²) in [4.78, 5) is 0. The van der Waals surface area contributed by atoms with Gasteiger partial charge in [0, 0.05) is 11.4 Å². The fourth-order valence-corrected chi connectivity index (χ4v) is 1.94. The number of halogens is 1. The van der Waals surface area contributed by atoms with Gasteiger partial charge in [-0.15, -0.1) is 0 Å². The van der Waals surface area contributed by atoms with Gasteiger partial charge in [-0.1, -0.05) is 23.7 Å². The number of benzene rings is 1. The van der Waals surface area contributed by atoms with Gasteiger partial charge in [-0.25, -0.2) is 0 Å². The highest BCUT2D eigenvalue weighted by atomic mass is 35.5. The van der Waals surface area contributed by atoms with Gasteiger partial charge in [0.25, 0.3) is 0 Å². The van der Waals surface area contributed by atoms with Crippen LogP contribution in [0, 0.1) is 0 Å². The van der Waals surface area contributed by atoms with Gasteiger partial charge >= 0.3 is 0 Å². The molecular formula is C11H13ClN2O. The SMILES string of the molecule is CC(C)n1nc2c(Cl)cccc2c1CO. The van der Waals surface area contributed by atoms with E-state index in [0.717, 1.165) is 16.6 Å². The maximum absolute atomic E-state index is 9.34. The molecule has 3 nitrogen and oxygen atoms in total. The van der Waals surface area contributed by atoms with Crippen molar-refractivity contribution >= 4 is 22.5 Å². The molecule has 4 heteroatoms. The van der Waals surface area contributed by atoms with Crippen molar-refractivity contribution in [2.45, 2.75) is 26.5 Å². The van der Waals surface area contributed by atoms with E-state index in [0.29, 0.717) is 5.02 Å². The van der Waals surface area contributed by atoms with Crippen LogP contribution in [0.4, 0.5) is 0 Å². The van der Waals surface area contributed by atoms with Crippen LogP contribution >= 0.6 is 11.6 Å². The molecule has 0 radical (unpaired) electrons. The number of hydrogen-bond acceptors (Lipinski definition) is 2. The number of aliphatic hydroxyl groups is 1. The lowest BCUT2D eigenvalue weighted by Gasteiger charge is -2.08. The predicted molar refractivity (Wildman–Crippen MR) is 61.1 cm³/mol. The zero-order chi connectivity index (χ0) is 11.0. The third-order valence-corrected chi connectivity index (χ3v) is 2.73. The lowest BCUT2D eigenvalue weighted by atomic mass is 10.2. The molecule has 0 spiro atoms. The monoisotopic (exact) mass is 224 g/mol. The van der Waals surface area contributed by atoms with Crippen LogP contribution in [0.25, 0.3) is 10.9 Å². The fraction of sp³-hybridized carbons (Fsp3) is 0.364. The van der Waals surface area contributed by atoms with E-state index in [9.17, 15) is 5.11 Å². The molecule has 80 valence electrons. The first-order chi connectivity index (χ1) is 7.15. The number of aromatic nitrogens is 2. The average Bonchev–Trinajstić information content (AvgIpc) is 2.57. The minimum absolute atomic E-state index is 0.0188. The maximum atomic E-state index is 9.34. The summed E-state index contributed by atoms with van der Waals surface area (Å²) >= 11 is 6.05. The highest BCUT2D eigenvalue weighted by molar-refractivity contribution is 6.35. The minimum Gasteiger partial charge on any atom is -0.390 e. The lowest BCUT2D eigenvalue weighted by molar-refractivity contribution is 0.266. The standard InChI is InChI=1S/C11H13ClN2O/c1-7(2)14-10(6-15)8-4-3-5-9(12)11(8)13-14/h3-5,7,15H,6H2,1-2H3. The van der Waals surface area contributed by atoms with E-state index < -0.39 is 0 Å². The van der Waals surface area contributed by atoms with Gasteiger partial charge in [0.1, 0.15) is 5.52 Å². The number of nitrogens with zero attached hydrogens (tertiary/aromatic N) is 2. The molecule has 0 saturated heterocycles. The van der Waals surface area contributed by atoms with Crippen LogP contribution in [0.1, 0.15) is 25.6 Å². The molecule has 1 N–H and O–H groups in total. The highest BCUT2D eigenvalue weighted by Crippen LogP contribution is 2.27. The first-order valence-corrected chi connectivity index (χ1v) is 5.29. The first-order valence-electron chi connectivity index (χ1n) is 4.91. The normalized spacial score (nSPS) is 11.5. The van der Waals surface area contributed by atoms with E-state index in [-0.39, 0.29) is 12.6 Å². The summed E-state index contributed by atoms with van der Waals surface area (Å²) in [6.07, 6.45) is 0. The Morgan fingerprint density at radius 2 is 2.20 bits per heavy atom. The molecule has 0 aliphatic carbocycles. The molecule has 1 aromatic carbocycles. The maximum Gasteiger partial charge on any atom is 0.111 e. The molecule has 0 bridgehead atoms. The molecule has 1 heterocycles. The van der Waals surface area contributed by atoms with Crippen molar-refractivity contribution in [3.8, 4) is 0 Å². The second kappa shape index (κ2) is 3.83. The zero-order valence-corrected chi connectivity index (χ0v) is 9.49. The first kappa shape index (κ1) is 10.5. The summed E-state index contributed by atoms with van der Waals surface area (Å²) in [6, 6.07) is 5.83. The Hall–Kier alpha value is -1.06. The van der Waals surface area contributed by atoms with Gasteiger partial charge in [-0.05, 0) is 19.9 Å². The Kier molecular flexibility index (Phi) is 2.67. The number of fused-ring (bicyclic) bond motifs is 1. The topological polar surface area (TPSA) is 38.0 Å². The van der Waals surface area contributed by atoms with E-state index in [1.54, 1.807) is 0 Å². The van der Waals surface area contributed by atoms with Crippen LogP contribution in [0.3, 0.4) is 0 Å². The van der Waals surface area contributed by atoms with Gasteiger partial charge < -0.3 is 5.11 Å². The van der Waals surface area contributed by atoms with E-state index in [2.05, 4.69) is 5.10 Å². The number of hydrogen-bond donors (Lipinski definition) is 1. The molecular weight excluding hydrogens is 212 g/mol. The summed E-state index contributed by atoms with van der Waals surface area (Å²) in [6.45, 7) is 4.03. The molecule has 0 fully saturated rings. The summed E-state index contributed by atoms with van der Waals surface area (Å²) in [7, 11) is 0. The van der Waals surface area contributed by atoms with Crippen molar-refractivity contribution in [1.82, 2.24) is 9.78 Å². The van der Waals surface area contributed by atoms with E-state index in [1.807, 2.05) is 36.7 Å². The molecule has 2 rings (SSSR count). The summed E-state index contributed by atoms with van der Waals surface area (Å²) < 4.78 is 1.82. The molecule has 0 saturated carbocycles. The van der Waals surface area contributed by atoms with Gasteiger partial charge in [-0.3, -0.25) is 4.68 Å². The van der Waals surface area contributed by atoms with Crippen molar-refractivity contribution in [3.63, 3.8) is 0 Å². The van der Waals surface area contributed by atoms with Crippen LogP contribution in [0.5, 0.6) is 0 Å². The average molecular weight is 225 g/mol. The lowest BCUT2D eigenvalue weighted by Crippen LogP contribution is -2.07.